The number of benzene rings is 1. The average molecular weight is 322 g/mol. The van der Waals surface area contributed by atoms with Crippen LogP contribution in [0.5, 0.6) is 0 Å². The molecule has 0 spiro atoms. The summed E-state index contributed by atoms with van der Waals surface area (Å²) in [5, 5.41) is 8.75. The summed E-state index contributed by atoms with van der Waals surface area (Å²) in [6.45, 7) is 0. The first kappa shape index (κ1) is 16.0. The van der Waals surface area contributed by atoms with Gasteiger partial charge in [0.2, 0.25) is 5.76 Å². The van der Waals surface area contributed by atoms with Gasteiger partial charge in [-0.25, -0.2) is 9.59 Å². The fraction of sp³-hybridized carbons (Fsp3) is 0.200. The Kier molecular flexibility index (Phi) is 5.11. The number of rotatable bonds is 6. The fourth-order valence-electron chi connectivity index (χ4n) is 1.82. The van der Waals surface area contributed by atoms with E-state index in [1.54, 1.807) is 24.3 Å². The molecule has 2 aromatic rings. The number of ether oxygens (including phenoxy) is 1. The van der Waals surface area contributed by atoms with Crippen LogP contribution in [0.1, 0.15) is 32.2 Å². The van der Waals surface area contributed by atoms with E-state index in [1.807, 2.05) is 0 Å². The van der Waals surface area contributed by atoms with Crippen molar-refractivity contribution in [3.63, 3.8) is 0 Å². The summed E-state index contributed by atoms with van der Waals surface area (Å²) in [6.07, 6.45) is 0. The van der Waals surface area contributed by atoms with Crippen LogP contribution in [0.15, 0.2) is 40.8 Å². The van der Waals surface area contributed by atoms with Gasteiger partial charge in [0.1, 0.15) is 5.76 Å². The quantitative estimate of drug-likeness (QED) is 0.820. The number of aromatic carboxylic acids is 1. The first-order chi connectivity index (χ1) is 10.5. The van der Waals surface area contributed by atoms with E-state index in [-0.39, 0.29) is 17.3 Å². The number of carboxylic acids is 1. The Morgan fingerprint density at radius 2 is 1.82 bits per heavy atom. The number of hydrogen-bond donors (Lipinski definition) is 1. The van der Waals surface area contributed by atoms with Crippen molar-refractivity contribution >= 4 is 22.7 Å². The van der Waals surface area contributed by atoms with Crippen LogP contribution in [0, 0.1) is 0 Å². The van der Waals surface area contributed by atoms with Crippen molar-refractivity contribution in [2.75, 3.05) is 7.11 Å². The van der Waals surface area contributed by atoms with Gasteiger partial charge in [-0.2, -0.15) is 0 Å². The third-order valence-electron chi connectivity index (χ3n) is 2.88. The molecule has 7 heteroatoms. The zero-order valence-corrected chi connectivity index (χ0v) is 12.6. The molecule has 22 heavy (non-hydrogen) atoms. The van der Waals surface area contributed by atoms with Gasteiger partial charge in [-0.3, -0.25) is 4.21 Å². The molecule has 2 rings (SSSR count). The Hall–Kier alpha value is -2.41. The van der Waals surface area contributed by atoms with Crippen LogP contribution in [0.3, 0.4) is 0 Å². The minimum Gasteiger partial charge on any atom is -0.475 e. The largest absolute Gasteiger partial charge is 0.475 e. The van der Waals surface area contributed by atoms with Gasteiger partial charge in [0.25, 0.3) is 0 Å². The topological polar surface area (TPSA) is 93.8 Å². The van der Waals surface area contributed by atoms with E-state index in [1.165, 1.54) is 19.2 Å². The summed E-state index contributed by atoms with van der Waals surface area (Å²) < 4.78 is 21.7. The van der Waals surface area contributed by atoms with E-state index in [9.17, 15) is 13.8 Å². The number of carbonyl (C=O) groups excluding carboxylic acids is 1. The Bertz CT molecular complexity index is 701. The van der Waals surface area contributed by atoms with Gasteiger partial charge in [0.15, 0.2) is 0 Å². The normalized spacial score (nSPS) is 11.9. The first-order valence-electron chi connectivity index (χ1n) is 6.34. The molecule has 1 aromatic carbocycles. The highest BCUT2D eigenvalue weighted by molar-refractivity contribution is 7.83. The minimum absolute atomic E-state index is 0.131. The van der Waals surface area contributed by atoms with E-state index in [4.69, 9.17) is 9.52 Å². The summed E-state index contributed by atoms with van der Waals surface area (Å²) in [5.74, 6) is -0.979. The number of methoxy groups -OCH3 is 1. The smallest absolute Gasteiger partial charge is 0.371 e. The van der Waals surface area contributed by atoms with Crippen molar-refractivity contribution in [3.05, 3.63) is 59.0 Å². The zero-order valence-electron chi connectivity index (χ0n) is 11.8. The lowest BCUT2D eigenvalue weighted by atomic mass is 10.1. The van der Waals surface area contributed by atoms with Crippen LogP contribution in [0.25, 0.3) is 0 Å². The molecule has 0 radical (unpaired) electrons. The third-order valence-corrected chi connectivity index (χ3v) is 4.14. The van der Waals surface area contributed by atoms with Crippen molar-refractivity contribution < 1.29 is 28.1 Å². The Morgan fingerprint density at radius 1 is 1.14 bits per heavy atom. The predicted molar refractivity (Wildman–Crippen MR) is 79.0 cm³/mol. The molecule has 0 aliphatic carbocycles. The Balaban J connectivity index is 1.96. The second-order valence-corrected chi connectivity index (χ2v) is 5.95. The summed E-state index contributed by atoms with van der Waals surface area (Å²) in [6, 6.07) is 9.45. The van der Waals surface area contributed by atoms with Crippen molar-refractivity contribution in [2.45, 2.75) is 11.5 Å². The fourth-order valence-corrected chi connectivity index (χ4v) is 2.96. The number of furan rings is 1. The van der Waals surface area contributed by atoms with Crippen molar-refractivity contribution in [1.29, 1.82) is 0 Å². The lowest BCUT2D eigenvalue weighted by Gasteiger charge is -2.03. The molecule has 0 saturated carbocycles. The molecule has 1 atom stereocenters. The maximum atomic E-state index is 12.0. The molecule has 0 fully saturated rings. The molecule has 0 aliphatic rings. The molecule has 6 nitrogen and oxygen atoms in total. The lowest BCUT2D eigenvalue weighted by Crippen LogP contribution is -2.02. The Morgan fingerprint density at radius 3 is 2.36 bits per heavy atom. The van der Waals surface area contributed by atoms with Crippen LogP contribution in [0.2, 0.25) is 0 Å². The van der Waals surface area contributed by atoms with Crippen molar-refractivity contribution in [2.24, 2.45) is 0 Å². The third kappa shape index (κ3) is 4.05. The molecular weight excluding hydrogens is 308 g/mol. The number of carboxylic acid groups (broad SMARTS) is 1. The van der Waals surface area contributed by atoms with Gasteiger partial charge in [-0.05, 0) is 29.8 Å². The Labute approximate surface area is 129 Å². The molecule has 0 bridgehead atoms. The van der Waals surface area contributed by atoms with Gasteiger partial charge < -0.3 is 14.3 Å². The lowest BCUT2D eigenvalue weighted by molar-refractivity contribution is 0.0599. The molecule has 1 aromatic heterocycles. The highest BCUT2D eigenvalue weighted by Crippen LogP contribution is 2.13. The van der Waals surface area contributed by atoms with E-state index in [2.05, 4.69) is 4.74 Å². The molecule has 0 aliphatic heterocycles. The van der Waals surface area contributed by atoms with Crippen LogP contribution < -0.4 is 0 Å². The summed E-state index contributed by atoms with van der Waals surface area (Å²) in [7, 11) is 0.0618. The van der Waals surface area contributed by atoms with E-state index in [0.29, 0.717) is 11.3 Å². The second kappa shape index (κ2) is 7.04. The standard InChI is InChI=1S/C15H14O6S/c1-20-15(18)11-4-2-10(3-5-11)8-22(19)9-12-6-7-13(21-12)14(16)17/h2-7H,8-9H2,1H3,(H,16,17). The monoisotopic (exact) mass is 322 g/mol. The number of carbonyl (C=O) groups is 2. The van der Waals surface area contributed by atoms with Crippen molar-refractivity contribution in [1.82, 2.24) is 0 Å². The average Bonchev–Trinajstić information content (AvgIpc) is 2.95. The molecule has 0 amide bonds. The summed E-state index contributed by atoms with van der Waals surface area (Å²) in [5.41, 5.74) is 1.23. The van der Waals surface area contributed by atoms with Crippen LogP contribution in [-0.2, 0) is 27.0 Å². The molecule has 0 saturated heterocycles. The highest BCUT2D eigenvalue weighted by atomic mass is 32.2. The van der Waals surface area contributed by atoms with Gasteiger partial charge >= 0.3 is 11.9 Å². The van der Waals surface area contributed by atoms with E-state index in [0.717, 1.165) is 5.56 Å². The molecule has 1 N–H and O–H groups in total. The minimum atomic E-state index is -1.24. The summed E-state index contributed by atoms with van der Waals surface area (Å²) >= 11 is 0. The first-order valence-corrected chi connectivity index (χ1v) is 7.82. The number of esters is 1. The molecular formula is C15H14O6S. The molecule has 116 valence electrons. The SMILES string of the molecule is COC(=O)c1ccc(CS(=O)Cc2ccc(C(=O)O)o2)cc1. The second-order valence-electron chi connectivity index (χ2n) is 4.49. The maximum absolute atomic E-state index is 12.0. The summed E-state index contributed by atoms with van der Waals surface area (Å²) in [4.78, 5) is 22.0. The van der Waals surface area contributed by atoms with Crippen LogP contribution >= 0.6 is 0 Å². The number of hydrogen-bond acceptors (Lipinski definition) is 5. The van der Waals surface area contributed by atoms with E-state index < -0.39 is 22.7 Å². The maximum Gasteiger partial charge on any atom is 0.371 e. The van der Waals surface area contributed by atoms with Crippen LogP contribution in [-0.4, -0.2) is 28.4 Å². The predicted octanol–water partition coefficient (Wildman–Crippen LogP) is 2.21. The van der Waals surface area contributed by atoms with Crippen LogP contribution in [0.4, 0.5) is 0 Å². The molecule has 1 unspecified atom stereocenters. The van der Waals surface area contributed by atoms with Crippen molar-refractivity contribution in [3.8, 4) is 0 Å². The highest BCUT2D eigenvalue weighted by Gasteiger charge is 2.12. The van der Waals surface area contributed by atoms with Gasteiger partial charge in [-0.15, -0.1) is 0 Å². The van der Waals surface area contributed by atoms with Gasteiger partial charge in [0, 0.05) is 16.6 Å². The molecule has 1 heterocycles. The van der Waals surface area contributed by atoms with Gasteiger partial charge in [-0.1, -0.05) is 12.1 Å². The zero-order chi connectivity index (χ0) is 16.1. The van der Waals surface area contributed by atoms with E-state index >= 15 is 0 Å². The van der Waals surface area contributed by atoms with Gasteiger partial charge in [0.05, 0.1) is 18.4 Å².